The minimum atomic E-state index is -4.57. The molecule has 1 aromatic carbocycles. The monoisotopic (exact) mass is 375 g/mol. The van der Waals surface area contributed by atoms with Crippen LogP contribution >= 0.6 is 23.3 Å². The first kappa shape index (κ1) is 18.5. The molecule has 0 amide bonds. The van der Waals surface area contributed by atoms with Crippen molar-refractivity contribution in [3.63, 3.8) is 0 Å². The number of phenolic OH excluding ortho intramolecular Hbond substituents is 1. The number of allylic oxidation sites excluding steroid dienone is 1. The number of rotatable bonds is 6. The standard InChI is InChI=1S/C16H16F3NO2S2/c1-3-4-10(2)22-14-7-8-15(23-14)24-20-11-5-6-12(13(21)9-11)16(17,18)19/h3-10,20-21H,1-2H3/b4-3-. The van der Waals surface area contributed by atoms with Crippen LogP contribution in [0.15, 0.2) is 46.7 Å². The molecule has 2 aromatic rings. The van der Waals surface area contributed by atoms with E-state index < -0.39 is 17.5 Å². The lowest BCUT2D eigenvalue weighted by atomic mass is 10.2. The molecule has 1 heterocycles. The highest BCUT2D eigenvalue weighted by atomic mass is 32.2. The van der Waals surface area contributed by atoms with E-state index >= 15 is 0 Å². The number of thiophene rings is 1. The van der Waals surface area contributed by atoms with Crippen LogP contribution in [0.5, 0.6) is 10.8 Å². The van der Waals surface area contributed by atoms with Gasteiger partial charge in [0, 0.05) is 11.8 Å². The molecule has 0 spiro atoms. The van der Waals surface area contributed by atoms with E-state index in [1.165, 1.54) is 29.4 Å². The molecule has 3 nitrogen and oxygen atoms in total. The van der Waals surface area contributed by atoms with Gasteiger partial charge in [0.1, 0.15) is 11.9 Å². The fourth-order valence-electron chi connectivity index (χ4n) is 1.86. The van der Waals surface area contributed by atoms with Gasteiger partial charge in [-0.05, 0) is 56.1 Å². The summed E-state index contributed by atoms with van der Waals surface area (Å²) < 4.78 is 47.2. The van der Waals surface area contributed by atoms with Gasteiger partial charge in [0.2, 0.25) is 0 Å². The molecule has 2 rings (SSSR count). The molecule has 130 valence electrons. The fourth-order valence-corrected chi connectivity index (χ4v) is 3.55. The number of nitrogens with one attached hydrogen (secondary N) is 1. The van der Waals surface area contributed by atoms with Crippen LogP contribution in [0.2, 0.25) is 0 Å². The smallest absolute Gasteiger partial charge is 0.419 e. The molecule has 0 saturated heterocycles. The van der Waals surface area contributed by atoms with Gasteiger partial charge in [0.25, 0.3) is 0 Å². The number of phenols is 1. The van der Waals surface area contributed by atoms with Crippen LogP contribution in [-0.2, 0) is 6.18 Å². The lowest BCUT2D eigenvalue weighted by molar-refractivity contribution is -0.138. The highest BCUT2D eigenvalue weighted by Gasteiger charge is 2.33. The van der Waals surface area contributed by atoms with Gasteiger partial charge >= 0.3 is 6.18 Å². The van der Waals surface area contributed by atoms with Crippen molar-refractivity contribution in [3.8, 4) is 10.8 Å². The van der Waals surface area contributed by atoms with E-state index in [9.17, 15) is 18.3 Å². The van der Waals surface area contributed by atoms with Crippen LogP contribution in [0.4, 0.5) is 18.9 Å². The predicted octanol–water partition coefficient (Wildman–Crippen LogP) is 5.94. The van der Waals surface area contributed by atoms with E-state index in [1.54, 1.807) is 0 Å². The van der Waals surface area contributed by atoms with Crippen molar-refractivity contribution in [1.82, 2.24) is 0 Å². The van der Waals surface area contributed by atoms with E-state index in [4.69, 9.17) is 4.74 Å². The quantitative estimate of drug-likeness (QED) is 0.485. The Kier molecular flexibility index (Phi) is 6.06. The number of aromatic hydroxyl groups is 1. The average Bonchev–Trinajstić information content (AvgIpc) is 2.91. The van der Waals surface area contributed by atoms with E-state index in [1.807, 2.05) is 38.1 Å². The first-order valence-electron chi connectivity index (χ1n) is 7.02. The van der Waals surface area contributed by atoms with Gasteiger partial charge in [-0.3, -0.25) is 0 Å². The van der Waals surface area contributed by atoms with Crippen molar-refractivity contribution in [2.45, 2.75) is 30.3 Å². The van der Waals surface area contributed by atoms with Crippen LogP contribution in [-0.4, -0.2) is 11.2 Å². The van der Waals surface area contributed by atoms with Crippen molar-refractivity contribution in [1.29, 1.82) is 0 Å². The van der Waals surface area contributed by atoms with Crippen molar-refractivity contribution in [2.24, 2.45) is 0 Å². The molecular weight excluding hydrogens is 359 g/mol. The minimum absolute atomic E-state index is 0.0358. The zero-order valence-electron chi connectivity index (χ0n) is 12.9. The number of benzene rings is 1. The molecule has 24 heavy (non-hydrogen) atoms. The molecule has 2 N–H and O–H groups in total. The highest BCUT2D eigenvalue weighted by molar-refractivity contribution is 8.02. The first-order valence-corrected chi connectivity index (χ1v) is 8.65. The van der Waals surface area contributed by atoms with E-state index in [0.717, 1.165) is 21.4 Å². The van der Waals surface area contributed by atoms with Crippen LogP contribution in [0, 0.1) is 0 Å². The van der Waals surface area contributed by atoms with E-state index in [-0.39, 0.29) is 6.10 Å². The number of hydrogen-bond donors (Lipinski definition) is 2. The SMILES string of the molecule is C/C=C\C(C)Oc1ccc(SNc2ccc(C(F)(F)F)c(O)c2)s1. The Labute approximate surface area is 146 Å². The number of anilines is 1. The Morgan fingerprint density at radius 1 is 1.29 bits per heavy atom. The second kappa shape index (κ2) is 7.85. The van der Waals surface area contributed by atoms with E-state index in [0.29, 0.717) is 5.69 Å². The summed E-state index contributed by atoms with van der Waals surface area (Å²) in [7, 11) is 0. The van der Waals surface area contributed by atoms with Gasteiger partial charge in [-0.1, -0.05) is 17.4 Å². The molecule has 8 heteroatoms. The van der Waals surface area contributed by atoms with Gasteiger partial charge in [-0.2, -0.15) is 13.2 Å². The van der Waals surface area contributed by atoms with Gasteiger partial charge in [0.05, 0.1) is 9.77 Å². The molecule has 1 atom stereocenters. The molecule has 0 aliphatic carbocycles. The Hall–Kier alpha value is -1.80. The number of alkyl halides is 3. The highest BCUT2D eigenvalue weighted by Crippen LogP contribution is 2.38. The second-order valence-corrected chi connectivity index (χ2v) is 7.01. The third-order valence-electron chi connectivity index (χ3n) is 2.89. The summed E-state index contributed by atoms with van der Waals surface area (Å²) in [5.74, 6) is -0.802. The van der Waals surface area contributed by atoms with Gasteiger partial charge < -0.3 is 14.6 Å². The molecule has 0 saturated carbocycles. The fraction of sp³-hybridized carbons (Fsp3) is 0.250. The van der Waals surface area contributed by atoms with Crippen LogP contribution < -0.4 is 9.46 Å². The molecule has 1 aromatic heterocycles. The summed E-state index contributed by atoms with van der Waals surface area (Å²) >= 11 is 2.65. The zero-order chi connectivity index (χ0) is 17.7. The number of hydrogen-bond acceptors (Lipinski definition) is 5. The molecule has 0 radical (unpaired) electrons. The third kappa shape index (κ3) is 5.10. The van der Waals surface area contributed by atoms with Crippen molar-refractivity contribution >= 4 is 29.0 Å². The second-order valence-electron chi connectivity index (χ2n) is 4.86. The maximum absolute atomic E-state index is 12.6. The van der Waals surface area contributed by atoms with Gasteiger partial charge in [0.15, 0.2) is 5.06 Å². The molecule has 1 unspecified atom stereocenters. The lowest BCUT2D eigenvalue weighted by Crippen LogP contribution is -2.06. The molecule has 0 aliphatic rings. The molecular formula is C16H16F3NO2S2. The third-order valence-corrected chi connectivity index (χ3v) is 4.84. The zero-order valence-corrected chi connectivity index (χ0v) is 14.6. The molecule has 0 bridgehead atoms. The average molecular weight is 375 g/mol. The molecule has 0 fully saturated rings. The van der Waals surface area contributed by atoms with Crippen LogP contribution in [0.3, 0.4) is 0 Å². The maximum Gasteiger partial charge on any atom is 0.419 e. The Balaban J connectivity index is 1.97. The van der Waals surface area contributed by atoms with Crippen molar-refractivity contribution in [3.05, 3.63) is 48.0 Å². The summed E-state index contributed by atoms with van der Waals surface area (Å²) in [6.07, 6.45) is -0.770. The predicted molar refractivity (Wildman–Crippen MR) is 91.8 cm³/mol. The maximum atomic E-state index is 12.6. The largest absolute Gasteiger partial charge is 0.507 e. The summed E-state index contributed by atoms with van der Waals surface area (Å²) in [5, 5.41) is 10.2. The first-order chi connectivity index (χ1) is 11.3. The number of halogens is 3. The normalized spacial score (nSPS) is 13.2. The van der Waals surface area contributed by atoms with E-state index in [2.05, 4.69) is 4.72 Å². The minimum Gasteiger partial charge on any atom is -0.507 e. The summed E-state index contributed by atoms with van der Waals surface area (Å²) in [6, 6.07) is 6.85. The van der Waals surface area contributed by atoms with Crippen molar-refractivity contribution in [2.75, 3.05) is 4.72 Å². The van der Waals surface area contributed by atoms with Crippen molar-refractivity contribution < 1.29 is 23.0 Å². The summed E-state index contributed by atoms with van der Waals surface area (Å²) in [4.78, 5) is 0. The number of ether oxygens (including phenoxy) is 1. The van der Waals surface area contributed by atoms with Crippen LogP contribution in [0.25, 0.3) is 0 Å². The summed E-state index contributed by atoms with van der Waals surface area (Å²) in [5.41, 5.74) is -0.675. The topological polar surface area (TPSA) is 41.5 Å². The Morgan fingerprint density at radius 2 is 2.04 bits per heavy atom. The Bertz CT molecular complexity index is 714. The van der Waals surface area contributed by atoms with Gasteiger partial charge in [-0.25, -0.2) is 0 Å². The van der Waals surface area contributed by atoms with Gasteiger partial charge in [-0.15, -0.1) is 0 Å². The summed E-state index contributed by atoms with van der Waals surface area (Å²) in [6.45, 7) is 3.84. The Morgan fingerprint density at radius 3 is 2.67 bits per heavy atom. The van der Waals surface area contributed by atoms with Crippen LogP contribution in [0.1, 0.15) is 19.4 Å². The lowest BCUT2D eigenvalue weighted by Gasteiger charge is -2.11. The molecule has 0 aliphatic heterocycles.